The molecule has 120 valence electrons. The van der Waals surface area contributed by atoms with E-state index >= 15 is 0 Å². The van der Waals surface area contributed by atoms with Crippen molar-refractivity contribution in [1.29, 1.82) is 0 Å². The fraction of sp³-hybridized carbons (Fsp3) is 0.444. The van der Waals surface area contributed by atoms with Gasteiger partial charge in [-0.1, -0.05) is 5.16 Å². The monoisotopic (exact) mass is 312 g/mol. The molecule has 1 aromatic carbocycles. The Hall–Kier alpha value is -2.30. The van der Waals surface area contributed by atoms with Crippen LogP contribution in [0, 0.1) is 0 Å². The van der Waals surface area contributed by atoms with Gasteiger partial charge in [-0.05, 0) is 55.9 Å². The molecule has 1 fully saturated rings. The van der Waals surface area contributed by atoms with E-state index in [2.05, 4.69) is 5.16 Å². The Balaban J connectivity index is 1.69. The molecule has 1 aliphatic heterocycles. The minimum atomic E-state index is 0.0201. The fourth-order valence-electron chi connectivity index (χ4n) is 3.55. The van der Waals surface area contributed by atoms with E-state index in [4.69, 9.17) is 9.26 Å². The van der Waals surface area contributed by atoms with Crippen LogP contribution < -0.4 is 4.74 Å². The molecule has 0 unspecified atom stereocenters. The van der Waals surface area contributed by atoms with Gasteiger partial charge < -0.3 is 14.2 Å². The van der Waals surface area contributed by atoms with E-state index in [1.54, 1.807) is 7.11 Å². The second-order valence-corrected chi connectivity index (χ2v) is 6.21. The molecule has 23 heavy (non-hydrogen) atoms. The summed E-state index contributed by atoms with van der Waals surface area (Å²) >= 11 is 0. The highest BCUT2D eigenvalue weighted by molar-refractivity contribution is 5.95. The Morgan fingerprint density at radius 1 is 1.22 bits per heavy atom. The summed E-state index contributed by atoms with van der Waals surface area (Å²) in [6.07, 6.45) is 5.02. The lowest BCUT2D eigenvalue weighted by Crippen LogP contribution is -2.36. The maximum absolute atomic E-state index is 12.7. The highest BCUT2D eigenvalue weighted by atomic mass is 16.5. The minimum absolute atomic E-state index is 0.0201. The van der Waals surface area contributed by atoms with Gasteiger partial charge in [-0.2, -0.15) is 0 Å². The maximum atomic E-state index is 12.7. The Bertz CT molecular complexity index is 745. The zero-order valence-electron chi connectivity index (χ0n) is 13.3. The van der Waals surface area contributed by atoms with Crippen LogP contribution in [-0.2, 0) is 12.8 Å². The molecular formula is C18H20N2O3. The fourth-order valence-corrected chi connectivity index (χ4v) is 3.55. The summed E-state index contributed by atoms with van der Waals surface area (Å²) < 4.78 is 10.8. The number of ether oxygens (including phenoxy) is 1. The Morgan fingerprint density at radius 2 is 2.04 bits per heavy atom. The predicted molar refractivity (Wildman–Crippen MR) is 85.7 cm³/mol. The van der Waals surface area contributed by atoms with Crippen LogP contribution in [-0.4, -0.2) is 36.2 Å². The molecule has 5 heteroatoms. The van der Waals surface area contributed by atoms with Gasteiger partial charge in [0.2, 0.25) is 0 Å². The van der Waals surface area contributed by atoms with E-state index in [0.29, 0.717) is 5.69 Å². The first kappa shape index (κ1) is 14.3. The number of carbonyl (C=O) groups is 1. The van der Waals surface area contributed by atoms with E-state index in [0.717, 1.165) is 61.4 Å². The Kier molecular flexibility index (Phi) is 3.56. The summed E-state index contributed by atoms with van der Waals surface area (Å²) in [6.45, 7) is 1.66. The smallest absolute Gasteiger partial charge is 0.276 e. The summed E-state index contributed by atoms with van der Waals surface area (Å²) in [5, 5.41) is 4.12. The van der Waals surface area contributed by atoms with E-state index in [9.17, 15) is 4.79 Å². The molecule has 5 nitrogen and oxygen atoms in total. The molecule has 0 radical (unpaired) electrons. The maximum Gasteiger partial charge on any atom is 0.276 e. The third kappa shape index (κ3) is 2.40. The molecule has 0 atom stereocenters. The van der Waals surface area contributed by atoms with Gasteiger partial charge in [-0.15, -0.1) is 0 Å². The standard InChI is InChI=1S/C18H20N2O3/c1-22-13-6-8-14-12(11-13)5-7-15-16(19-23-17(14)15)18(21)20-9-3-2-4-10-20/h6,8,11H,2-5,7,9-10H2,1H3. The van der Waals surface area contributed by atoms with E-state index < -0.39 is 0 Å². The van der Waals surface area contributed by atoms with Gasteiger partial charge in [-0.3, -0.25) is 4.79 Å². The van der Waals surface area contributed by atoms with Crippen LogP contribution in [0.1, 0.15) is 40.9 Å². The van der Waals surface area contributed by atoms with Crippen molar-refractivity contribution in [2.24, 2.45) is 0 Å². The van der Waals surface area contributed by atoms with Crippen LogP contribution in [0.2, 0.25) is 0 Å². The molecule has 1 aromatic heterocycles. The summed E-state index contributed by atoms with van der Waals surface area (Å²) in [5.41, 5.74) is 3.67. The van der Waals surface area contributed by atoms with E-state index in [-0.39, 0.29) is 5.91 Å². The average molecular weight is 312 g/mol. The zero-order valence-corrected chi connectivity index (χ0v) is 13.3. The number of hydrogen-bond donors (Lipinski definition) is 0. The van der Waals surface area contributed by atoms with E-state index in [1.807, 2.05) is 23.1 Å². The second-order valence-electron chi connectivity index (χ2n) is 6.21. The summed E-state index contributed by atoms with van der Waals surface area (Å²) in [4.78, 5) is 14.6. The molecule has 2 aliphatic rings. The molecule has 0 N–H and O–H groups in total. The number of nitrogens with zero attached hydrogens (tertiary/aromatic N) is 2. The number of fused-ring (bicyclic) bond motifs is 3. The van der Waals surface area contributed by atoms with Crippen LogP contribution in [0.3, 0.4) is 0 Å². The molecule has 1 amide bonds. The molecule has 2 aromatic rings. The lowest BCUT2D eigenvalue weighted by Gasteiger charge is -2.26. The normalized spacial score (nSPS) is 16.7. The van der Waals surface area contributed by atoms with Crippen LogP contribution in [0.5, 0.6) is 5.75 Å². The Morgan fingerprint density at radius 3 is 2.83 bits per heavy atom. The second kappa shape index (κ2) is 5.72. The van der Waals surface area contributed by atoms with Gasteiger partial charge >= 0.3 is 0 Å². The number of piperidine rings is 1. The first-order chi connectivity index (χ1) is 11.3. The average Bonchev–Trinajstić information content (AvgIpc) is 3.05. The lowest BCUT2D eigenvalue weighted by molar-refractivity contribution is 0.0713. The van der Waals surface area contributed by atoms with Gasteiger partial charge in [0.25, 0.3) is 5.91 Å². The molecule has 2 heterocycles. The van der Waals surface area contributed by atoms with Gasteiger partial charge in [-0.25, -0.2) is 0 Å². The predicted octanol–water partition coefficient (Wildman–Crippen LogP) is 3.07. The first-order valence-corrected chi connectivity index (χ1v) is 8.23. The zero-order chi connectivity index (χ0) is 15.8. The number of methoxy groups -OCH3 is 1. The summed E-state index contributed by atoms with van der Waals surface area (Å²) in [7, 11) is 1.67. The number of hydrogen-bond acceptors (Lipinski definition) is 4. The molecule has 4 rings (SSSR count). The molecule has 0 saturated carbocycles. The number of aromatic nitrogens is 1. The number of aryl methyl sites for hydroxylation is 1. The number of amides is 1. The quantitative estimate of drug-likeness (QED) is 0.855. The highest BCUT2D eigenvalue weighted by Crippen LogP contribution is 2.37. The van der Waals surface area contributed by atoms with Gasteiger partial charge in [0.1, 0.15) is 5.75 Å². The van der Waals surface area contributed by atoms with Crippen LogP contribution in [0.4, 0.5) is 0 Å². The minimum Gasteiger partial charge on any atom is -0.497 e. The van der Waals surface area contributed by atoms with Crippen molar-refractivity contribution in [3.8, 4) is 17.1 Å². The summed E-state index contributed by atoms with van der Waals surface area (Å²) in [5.74, 6) is 1.61. The van der Waals surface area contributed by atoms with Crippen molar-refractivity contribution in [3.05, 3.63) is 35.0 Å². The highest BCUT2D eigenvalue weighted by Gasteiger charge is 2.30. The number of likely N-dealkylation sites (tertiary alicyclic amines) is 1. The van der Waals surface area contributed by atoms with Crippen LogP contribution in [0.25, 0.3) is 11.3 Å². The SMILES string of the molecule is COc1ccc2c(c1)CCc1c(C(=O)N3CCCCC3)noc1-2. The van der Waals surface area contributed by atoms with Crippen molar-refractivity contribution < 1.29 is 14.1 Å². The number of benzene rings is 1. The first-order valence-electron chi connectivity index (χ1n) is 8.23. The van der Waals surface area contributed by atoms with Crippen LogP contribution >= 0.6 is 0 Å². The van der Waals surface area contributed by atoms with Gasteiger partial charge in [0.05, 0.1) is 7.11 Å². The van der Waals surface area contributed by atoms with E-state index in [1.165, 1.54) is 12.0 Å². The van der Waals surface area contributed by atoms with Crippen molar-refractivity contribution in [1.82, 2.24) is 10.1 Å². The molecular weight excluding hydrogens is 292 g/mol. The van der Waals surface area contributed by atoms with Crippen LogP contribution in [0.15, 0.2) is 22.7 Å². The molecule has 1 saturated heterocycles. The summed E-state index contributed by atoms with van der Waals surface area (Å²) in [6, 6.07) is 5.95. The lowest BCUT2D eigenvalue weighted by atomic mass is 9.89. The topological polar surface area (TPSA) is 55.6 Å². The van der Waals surface area contributed by atoms with Crippen molar-refractivity contribution in [3.63, 3.8) is 0 Å². The van der Waals surface area contributed by atoms with Crippen molar-refractivity contribution in [2.75, 3.05) is 20.2 Å². The molecule has 0 spiro atoms. The number of rotatable bonds is 2. The van der Waals surface area contributed by atoms with Gasteiger partial charge in [0, 0.05) is 24.2 Å². The van der Waals surface area contributed by atoms with Gasteiger partial charge in [0.15, 0.2) is 11.5 Å². The molecule has 0 bridgehead atoms. The third-order valence-corrected chi connectivity index (χ3v) is 4.84. The number of carbonyl (C=O) groups excluding carboxylic acids is 1. The van der Waals surface area contributed by atoms with Crippen molar-refractivity contribution >= 4 is 5.91 Å². The largest absolute Gasteiger partial charge is 0.497 e. The third-order valence-electron chi connectivity index (χ3n) is 4.84. The Labute approximate surface area is 135 Å². The molecule has 1 aliphatic carbocycles. The van der Waals surface area contributed by atoms with Crippen molar-refractivity contribution in [2.45, 2.75) is 32.1 Å².